The van der Waals surface area contributed by atoms with E-state index in [1.54, 1.807) is 0 Å². The molecule has 0 aliphatic carbocycles. The molecule has 0 rings (SSSR count). The Morgan fingerprint density at radius 1 is 0.263 bits per heavy atom. The van der Waals surface area contributed by atoms with Crippen molar-refractivity contribution in [3.63, 3.8) is 0 Å². The smallest absolute Gasteiger partial charge is 0.306 e. The predicted octanol–water partition coefficient (Wildman–Crippen LogP) is 22.7. The third kappa shape index (κ3) is 62.0. The molecule has 0 aromatic carbocycles. The van der Waals surface area contributed by atoms with Crippen LogP contribution in [0, 0.1) is 0 Å². The first kappa shape index (κ1) is 73.1. The fourth-order valence-corrected chi connectivity index (χ4v) is 9.72. The first-order chi connectivity index (χ1) is 37.5. The average molecular weight is 1060 g/mol. The van der Waals surface area contributed by atoms with Gasteiger partial charge in [0.2, 0.25) is 0 Å². The summed E-state index contributed by atoms with van der Waals surface area (Å²) in [7, 11) is 0. The van der Waals surface area contributed by atoms with Crippen molar-refractivity contribution in [2.75, 3.05) is 13.2 Å². The minimum atomic E-state index is -0.778. The molecule has 0 saturated carbocycles. The summed E-state index contributed by atoms with van der Waals surface area (Å²) in [5.41, 5.74) is 0. The van der Waals surface area contributed by atoms with E-state index in [-0.39, 0.29) is 31.1 Å². The predicted molar refractivity (Wildman–Crippen MR) is 330 cm³/mol. The molecule has 0 radical (unpaired) electrons. The van der Waals surface area contributed by atoms with E-state index in [2.05, 4.69) is 81.5 Å². The molecule has 6 heteroatoms. The van der Waals surface area contributed by atoms with Crippen molar-refractivity contribution in [2.24, 2.45) is 0 Å². The van der Waals surface area contributed by atoms with Gasteiger partial charge in [-0.3, -0.25) is 14.4 Å². The number of esters is 3. The largest absolute Gasteiger partial charge is 0.462 e. The normalized spacial score (nSPS) is 12.4. The van der Waals surface area contributed by atoms with Crippen molar-refractivity contribution in [2.45, 2.75) is 354 Å². The molecule has 0 aliphatic heterocycles. The lowest BCUT2D eigenvalue weighted by atomic mass is 10.0. The van der Waals surface area contributed by atoms with Crippen molar-refractivity contribution in [1.29, 1.82) is 0 Å². The van der Waals surface area contributed by atoms with Gasteiger partial charge in [-0.25, -0.2) is 0 Å². The Kier molecular flexibility index (Phi) is 62.2. The van der Waals surface area contributed by atoms with E-state index in [9.17, 15) is 14.4 Å². The molecule has 1 atom stereocenters. The van der Waals surface area contributed by atoms with Crippen molar-refractivity contribution in [3.8, 4) is 0 Å². The molecule has 76 heavy (non-hydrogen) atoms. The van der Waals surface area contributed by atoms with Gasteiger partial charge in [0.05, 0.1) is 0 Å². The lowest BCUT2D eigenvalue weighted by Crippen LogP contribution is -2.30. The van der Waals surface area contributed by atoms with Gasteiger partial charge in [-0.1, -0.05) is 300 Å². The first-order valence-corrected chi connectivity index (χ1v) is 33.3. The van der Waals surface area contributed by atoms with Crippen molar-refractivity contribution in [3.05, 3.63) is 60.8 Å². The standard InChI is InChI=1S/C70H126O6/c1-4-7-10-13-16-19-22-25-28-30-31-32-33-34-35-36-37-38-39-41-42-45-48-51-54-57-60-63-69(72)75-66-67(65-74-68(71)62-59-56-53-50-47-44-27-24-21-18-15-12-9-6-3)76-70(73)64-61-58-55-52-49-46-43-40-29-26-23-20-17-14-11-8-5-2/h17,20,22,25-26,29-31,33-34,67H,4-16,18-19,21,23-24,27-28,32,35-66H2,1-3H3/b20-17-,25-22-,29-26-,31-30-,34-33-. The number of carbonyl (C=O) groups is 3. The van der Waals surface area contributed by atoms with Gasteiger partial charge in [0.25, 0.3) is 0 Å². The van der Waals surface area contributed by atoms with Crippen LogP contribution in [0.1, 0.15) is 348 Å². The quantitative estimate of drug-likeness (QED) is 0.0261. The zero-order chi connectivity index (χ0) is 55.0. The number of unbranched alkanes of at least 4 members (excludes halogenated alkanes) is 40. The molecule has 0 N–H and O–H groups in total. The summed E-state index contributed by atoms with van der Waals surface area (Å²) in [5.74, 6) is -0.864. The Morgan fingerprint density at radius 3 is 0.763 bits per heavy atom. The van der Waals surface area contributed by atoms with E-state index in [4.69, 9.17) is 14.2 Å². The lowest BCUT2D eigenvalue weighted by molar-refractivity contribution is -0.167. The van der Waals surface area contributed by atoms with Crippen LogP contribution in [-0.2, 0) is 28.6 Å². The highest BCUT2D eigenvalue weighted by molar-refractivity contribution is 5.71. The summed E-state index contributed by atoms with van der Waals surface area (Å²) in [6.45, 7) is 6.64. The van der Waals surface area contributed by atoms with Crippen LogP contribution >= 0.6 is 0 Å². The highest BCUT2D eigenvalue weighted by atomic mass is 16.6. The molecular weight excluding hydrogens is 937 g/mol. The molecular formula is C70H126O6. The van der Waals surface area contributed by atoms with E-state index in [1.807, 2.05) is 0 Å². The minimum Gasteiger partial charge on any atom is -0.462 e. The van der Waals surface area contributed by atoms with Crippen LogP contribution < -0.4 is 0 Å². The zero-order valence-electron chi connectivity index (χ0n) is 50.8. The maximum Gasteiger partial charge on any atom is 0.306 e. The summed E-state index contributed by atoms with van der Waals surface area (Å²) >= 11 is 0. The Bertz CT molecular complexity index is 1360. The molecule has 0 bridgehead atoms. The molecule has 0 fully saturated rings. The fraction of sp³-hybridized carbons (Fsp3) is 0.814. The number of carbonyl (C=O) groups excluding carboxylic acids is 3. The van der Waals surface area contributed by atoms with Gasteiger partial charge in [0.1, 0.15) is 13.2 Å². The number of hydrogen-bond donors (Lipinski definition) is 0. The van der Waals surface area contributed by atoms with Gasteiger partial charge in [-0.15, -0.1) is 0 Å². The summed E-state index contributed by atoms with van der Waals surface area (Å²) in [6.07, 6.45) is 82.3. The SMILES string of the molecule is CCCCC/C=C\C/C=C\CCCCCCCCCC(=O)OC(COC(=O)CCCCCCCCCCCCCC/C=C\C/C=C\C/C=C\CCCCCCC)COC(=O)CCCCCCCCCCCCCCCC. The number of rotatable bonds is 61. The number of allylic oxidation sites excluding steroid dienone is 10. The molecule has 0 heterocycles. The molecule has 0 aromatic rings. The molecule has 0 aromatic heterocycles. The van der Waals surface area contributed by atoms with Gasteiger partial charge in [0.15, 0.2) is 6.10 Å². The maximum atomic E-state index is 12.9. The Labute approximate surface area is 472 Å². The number of ether oxygens (including phenoxy) is 3. The van der Waals surface area contributed by atoms with Gasteiger partial charge in [0, 0.05) is 19.3 Å². The molecule has 0 saturated heterocycles. The molecule has 1 unspecified atom stereocenters. The van der Waals surface area contributed by atoms with Gasteiger partial charge < -0.3 is 14.2 Å². The van der Waals surface area contributed by atoms with Crippen molar-refractivity contribution >= 4 is 17.9 Å². The molecule has 0 amide bonds. The van der Waals surface area contributed by atoms with E-state index in [1.165, 1.54) is 225 Å². The van der Waals surface area contributed by atoms with Gasteiger partial charge >= 0.3 is 17.9 Å². The monoisotopic (exact) mass is 1060 g/mol. The minimum absolute atomic E-state index is 0.0741. The Balaban J connectivity index is 4.27. The van der Waals surface area contributed by atoms with E-state index >= 15 is 0 Å². The summed E-state index contributed by atoms with van der Waals surface area (Å²) < 4.78 is 16.9. The molecule has 0 spiro atoms. The topological polar surface area (TPSA) is 78.9 Å². The van der Waals surface area contributed by atoms with Crippen LogP contribution in [0.15, 0.2) is 60.8 Å². The van der Waals surface area contributed by atoms with Crippen LogP contribution in [0.25, 0.3) is 0 Å². The van der Waals surface area contributed by atoms with Crippen LogP contribution in [0.5, 0.6) is 0 Å². The third-order valence-corrected chi connectivity index (χ3v) is 14.7. The van der Waals surface area contributed by atoms with Crippen LogP contribution in [0.4, 0.5) is 0 Å². The van der Waals surface area contributed by atoms with E-state index in [0.717, 1.165) is 83.5 Å². The summed E-state index contributed by atoms with van der Waals surface area (Å²) in [5, 5.41) is 0. The molecule has 442 valence electrons. The second-order valence-electron chi connectivity index (χ2n) is 22.4. The fourth-order valence-electron chi connectivity index (χ4n) is 9.72. The Morgan fingerprint density at radius 2 is 0.474 bits per heavy atom. The second-order valence-corrected chi connectivity index (χ2v) is 22.4. The van der Waals surface area contributed by atoms with Crippen LogP contribution in [0.3, 0.4) is 0 Å². The summed E-state index contributed by atoms with van der Waals surface area (Å²) in [4.78, 5) is 38.3. The van der Waals surface area contributed by atoms with Gasteiger partial charge in [-0.05, 0) is 89.9 Å². The highest BCUT2D eigenvalue weighted by Crippen LogP contribution is 2.17. The average Bonchev–Trinajstić information content (AvgIpc) is 3.42. The van der Waals surface area contributed by atoms with Gasteiger partial charge in [-0.2, -0.15) is 0 Å². The third-order valence-electron chi connectivity index (χ3n) is 14.7. The van der Waals surface area contributed by atoms with Crippen molar-refractivity contribution < 1.29 is 28.6 Å². The van der Waals surface area contributed by atoms with E-state index in [0.29, 0.717) is 19.3 Å². The highest BCUT2D eigenvalue weighted by Gasteiger charge is 2.19. The van der Waals surface area contributed by atoms with Crippen LogP contribution in [-0.4, -0.2) is 37.2 Å². The number of hydrogen-bond acceptors (Lipinski definition) is 6. The maximum absolute atomic E-state index is 12.9. The molecule has 6 nitrogen and oxygen atoms in total. The molecule has 0 aliphatic rings. The second kappa shape index (κ2) is 64.6. The summed E-state index contributed by atoms with van der Waals surface area (Å²) in [6, 6.07) is 0. The lowest BCUT2D eigenvalue weighted by Gasteiger charge is -2.18. The first-order valence-electron chi connectivity index (χ1n) is 33.3. The Hall–Kier alpha value is -2.89. The van der Waals surface area contributed by atoms with E-state index < -0.39 is 6.10 Å². The van der Waals surface area contributed by atoms with Crippen LogP contribution in [0.2, 0.25) is 0 Å². The zero-order valence-corrected chi connectivity index (χ0v) is 50.8. The van der Waals surface area contributed by atoms with Crippen molar-refractivity contribution in [1.82, 2.24) is 0 Å².